The molecule has 0 aromatic carbocycles. The highest BCUT2D eigenvalue weighted by molar-refractivity contribution is 4.45. The van der Waals surface area contributed by atoms with Gasteiger partial charge in [-0.3, -0.25) is 0 Å². The second-order valence-electron chi connectivity index (χ2n) is 1.11. The molecular weight excluding hydrogens is 78.0 g/mol. The Hall–Kier alpha value is -0.0800. The van der Waals surface area contributed by atoms with Crippen LogP contribution < -0.4 is 5.73 Å². The van der Waals surface area contributed by atoms with Crippen LogP contribution in [0.15, 0.2) is 0 Å². The highest BCUT2D eigenvalue weighted by atomic mass is 16.2. The standard InChI is InChI=1S/C4H10NO/c5-3-1-2-4-6/h4,6H,1-3,5H2. The molecule has 0 aliphatic rings. The van der Waals surface area contributed by atoms with Crippen LogP contribution in [0, 0.1) is 6.61 Å². The van der Waals surface area contributed by atoms with E-state index in [0.29, 0.717) is 6.54 Å². The Kier molecular flexibility index (Phi) is 4.85. The number of nitrogens with two attached hydrogens (primary N) is 1. The summed E-state index contributed by atoms with van der Waals surface area (Å²) in [7, 11) is 0. The molecular formula is C4H10NO. The molecule has 3 N–H and O–H groups in total. The van der Waals surface area contributed by atoms with E-state index >= 15 is 0 Å². The van der Waals surface area contributed by atoms with Gasteiger partial charge in [-0.05, 0) is 19.4 Å². The molecule has 37 valence electrons. The van der Waals surface area contributed by atoms with Crippen molar-refractivity contribution in [3.05, 3.63) is 6.61 Å². The Morgan fingerprint density at radius 2 is 2.33 bits per heavy atom. The van der Waals surface area contributed by atoms with Crippen molar-refractivity contribution in [1.29, 1.82) is 0 Å². The third kappa shape index (κ3) is 3.92. The minimum Gasteiger partial charge on any atom is -0.390 e. The first kappa shape index (κ1) is 5.92. The van der Waals surface area contributed by atoms with Crippen molar-refractivity contribution in [1.82, 2.24) is 0 Å². The predicted octanol–water partition coefficient (Wildman–Crippen LogP) is 0.260. The largest absolute Gasteiger partial charge is 0.390 e. The van der Waals surface area contributed by atoms with Crippen LogP contribution in [-0.4, -0.2) is 11.7 Å². The Morgan fingerprint density at radius 1 is 1.67 bits per heavy atom. The van der Waals surface area contributed by atoms with E-state index in [1.807, 2.05) is 0 Å². The third-order valence-electron chi connectivity index (χ3n) is 0.537. The number of aliphatic hydroxyl groups excluding tert-OH is 1. The van der Waals surface area contributed by atoms with Crippen LogP contribution in [0.1, 0.15) is 12.8 Å². The molecule has 0 aromatic heterocycles. The summed E-state index contributed by atoms with van der Waals surface area (Å²) in [6.07, 6.45) is 1.60. The van der Waals surface area contributed by atoms with Crippen LogP contribution in [-0.2, 0) is 0 Å². The lowest BCUT2D eigenvalue weighted by Gasteiger charge is -1.85. The molecule has 0 heterocycles. The molecule has 0 aliphatic carbocycles. The Labute approximate surface area is 38.0 Å². The molecule has 0 rings (SSSR count). The summed E-state index contributed by atoms with van der Waals surface area (Å²) in [5, 5.41) is 8.02. The second kappa shape index (κ2) is 4.92. The van der Waals surface area contributed by atoms with E-state index in [9.17, 15) is 0 Å². The number of hydrogen-bond donors (Lipinski definition) is 2. The van der Waals surface area contributed by atoms with E-state index in [-0.39, 0.29) is 0 Å². The molecule has 2 nitrogen and oxygen atoms in total. The zero-order valence-corrected chi connectivity index (χ0v) is 3.72. The molecule has 0 bridgehead atoms. The summed E-state index contributed by atoms with van der Waals surface area (Å²) in [5.74, 6) is 0. The van der Waals surface area contributed by atoms with E-state index in [0.717, 1.165) is 19.4 Å². The monoisotopic (exact) mass is 88.1 g/mol. The maximum absolute atomic E-state index is 8.02. The first-order chi connectivity index (χ1) is 2.91. The van der Waals surface area contributed by atoms with Gasteiger partial charge in [-0.25, -0.2) is 0 Å². The quantitative estimate of drug-likeness (QED) is 0.486. The first-order valence-corrected chi connectivity index (χ1v) is 2.07. The maximum atomic E-state index is 8.02. The summed E-state index contributed by atoms with van der Waals surface area (Å²) in [5.41, 5.74) is 5.08. The molecule has 2 heteroatoms. The molecule has 0 atom stereocenters. The summed E-state index contributed by atoms with van der Waals surface area (Å²) in [6, 6.07) is 0. The van der Waals surface area contributed by atoms with Gasteiger partial charge in [0, 0.05) is 0 Å². The van der Waals surface area contributed by atoms with Gasteiger partial charge < -0.3 is 10.8 Å². The van der Waals surface area contributed by atoms with Crippen LogP contribution in [0.5, 0.6) is 0 Å². The average Bonchev–Trinajstić information content (AvgIpc) is 1.61. The van der Waals surface area contributed by atoms with Crippen LogP contribution in [0.2, 0.25) is 0 Å². The Balaban J connectivity index is 2.34. The molecule has 1 radical (unpaired) electrons. The molecule has 0 fully saturated rings. The fraction of sp³-hybridized carbons (Fsp3) is 0.750. The molecule has 0 aliphatic heterocycles. The van der Waals surface area contributed by atoms with E-state index in [2.05, 4.69) is 0 Å². The first-order valence-electron chi connectivity index (χ1n) is 2.07. The third-order valence-corrected chi connectivity index (χ3v) is 0.537. The van der Waals surface area contributed by atoms with Gasteiger partial charge in [-0.1, -0.05) is 0 Å². The topological polar surface area (TPSA) is 46.2 Å². The Bertz CT molecular complexity index is 19.5. The van der Waals surface area contributed by atoms with Gasteiger partial charge in [0.1, 0.15) is 0 Å². The van der Waals surface area contributed by atoms with E-state index in [1.54, 1.807) is 0 Å². The highest BCUT2D eigenvalue weighted by Crippen LogP contribution is 1.84. The zero-order valence-electron chi connectivity index (χ0n) is 3.72. The normalized spacial score (nSPS) is 9.00. The highest BCUT2D eigenvalue weighted by Gasteiger charge is 1.77. The predicted molar refractivity (Wildman–Crippen MR) is 24.5 cm³/mol. The van der Waals surface area contributed by atoms with Crippen LogP contribution in [0.4, 0.5) is 0 Å². The van der Waals surface area contributed by atoms with Gasteiger partial charge in [0.2, 0.25) is 0 Å². The molecule has 0 spiro atoms. The lowest BCUT2D eigenvalue weighted by Crippen LogP contribution is -1.97. The van der Waals surface area contributed by atoms with Crippen molar-refractivity contribution in [2.24, 2.45) is 5.73 Å². The Morgan fingerprint density at radius 3 is 2.50 bits per heavy atom. The minimum atomic E-state index is 0.664. The number of aliphatic hydroxyl groups is 1. The van der Waals surface area contributed by atoms with Crippen molar-refractivity contribution >= 4 is 0 Å². The van der Waals surface area contributed by atoms with E-state index in [4.69, 9.17) is 10.8 Å². The zero-order chi connectivity index (χ0) is 4.83. The van der Waals surface area contributed by atoms with Crippen molar-refractivity contribution < 1.29 is 5.11 Å². The molecule has 0 saturated carbocycles. The lowest BCUT2D eigenvalue weighted by atomic mass is 10.3. The fourth-order valence-electron chi connectivity index (χ4n) is 0.209. The average molecular weight is 88.1 g/mol. The molecule has 0 aromatic rings. The smallest absolute Gasteiger partial charge is 0.0799 e. The van der Waals surface area contributed by atoms with Crippen LogP contribution in [0.25, 0.3) is 0 Å². The van der Waals surface area contributed by atoms with Gasteiger partial charge in [0.15, 0.2) is 0 Å². The number of hydrogen-bond acceptors (Lipinski definition) is 2. The maximum Gasteiger partial charge on any atom is 0.0799 e. The van der Waals surface area contributed by atoms with Gasteiger partial charge in [-0.15, -0.1) is 0 Å². The van der Waals surface area contributed by atoms with Crippen molar-refractivity contribution in [3.8, 4) is 0 Å². The summed E-state index contributed by atoms with van der Waals surface area (Å²) >= 11 is 0. The van der Waals surface area contributed by atoms with E-state index < -0.39 is 0 Å². The second-order valence-corrected chi connectivity index (χ2v) is 1.11. The molecule has 0 unspecified atom stereocenters. The molecule has 0 saturated heterocycles. The number of unbranched alkanes of at least 4 members (excludes halogenated alkanes) is 1. The SMILES string of the molecule is NCCC[CH]O. The molecule has 6 heavy (non-hydrogen) atoms. The summed E-state index contributed by atoms with van der Waals surface area (Å²) in [4.78, 5) is 0. The lowest BCUT2D eigenvalue weighted by molar-refractivity contribution is 0.371. The summed E-state index contributed by atoms with van der Waals surface area (Å²) in [6.45, 7) is 1.80. The minimum absolute atomic E-state index is 0.664. The van der Waals surface area contributed by atoms with Crippen molar-refractivity contribution in [3.63, 3.8) is 0 Å². The number of rotatable bonds is 3. The molecule has 0 amide bonds. The van der Waals surface area contributed by atoms with Crippen LogP contribution in [0.3, 0.4) is 0 Å². The fourth-order valence-corrected chi connectivity index (χ4v) is 0.209. The van der Waals surface area contributed by atoms with Gasteiger partial charge in [0.05, 0.1) is 6.61 Å². The van der Waals surface area contributed by atoms with Crippen molar-refractivity contribution in [2.75, 3.05) is 6.54 Å². The van der Waals surface area contributed by atoms with Gasteiger partial charge in [0.25, 0.3) is 0 Å². The summed E-state index contributed by atoms with van der Waals surface area (Å²) < 4.78 is 0. The van der Waals surface area contributed by atoms with Crippen molar-refractivity contribution in [2.45, 2.75) is 12.8 Å². The van der Waals surface area contributed by atoms with Crippen LogP contribution >= 0.6 is 0 Å². The van der Waals surface area contributed by atoms with Gasteiger partial charge in [-0.2, -0.15) is 0 Å². The van der Waals surface area contributed by atoms with Gasteiger partial charge >= 0.3 is 0 Å². The van der Waals surface area contributed by atoms with E-state index in [1.165, 1.54) is 0 Å².